The number of hydrogen-bond donors (Lipinski definition) is 2. The molecule has 0 bridgehead atoms. The van der Waals surface area contributed by atoms with Crippen molar-refractivity contribution < 1.29 is 28.6 Å². The summed E-state index contributed by atoms with van der Waals surface area (Å²) in [4.78, 5) is 36.9. The van der Waals surface area contributed by atoms with Crippen molar-refractivity contribution in [1.82, 2.24) is 10.6 Å². The van der Waals surface area contributed by atoms with Crippen molar-refractivity contribution in [1.29, 1.82) is 0 Å². The highest BCUT2D eigenvalue weighted by atomic mass is 16.7. The Balaban J connectivity index is 2.02. The van der Waals surface area contributed by atoms with Crippen molar-refractivity contribution in [2.45, 2.75) is 156 Å². The molecule has 0 aromatic rings. The van der Waals surface area contributed by atoms with Gasteiger partial charge in [-0.05, 0) is 52.9 Å². The molecule has 0 aromatic heterocycles. The molecule has 1 rings (SSSR count). The second-order valence-corrected chi connectivity index (χ2v) is 12.7. The lowest BCUT2D eigenvalue weighted by Gasteiger charge is -2.44. The van der Waals surface area contributed by atoms with Gasteiger partial charge >= 0.3 is 5.97 Å². The van der Waals surface area contributed by atoms with Crippen molar-refractivity contribution in [2.24, 2.45) is 5.41 Å². The molecule has 1 aliphatic rings. The molecular weight excluding hydrogens is 520 g/mol. The molecule has 1 fully saturated rings. The van der Waals surface area contributed by atoms with Gasteiger partial charge in [0.2, 0.25) is 11.8 Å². The van der Waals surface area contributed by atoms with Gasteiger partial charge in [0.25, 0.3) is 0 Å². The fraction of sp³-hybridized carbons (Fsp3) is 0.848. The summed E-state index contributed by atoms with van der Waals surface area (Å²) < 4.78 is 16.7. The number of unbranched alkanes of at least 4 members (excludes halogenated alkanes) is 11. The average Bonchev–Trinajstić information content (AvgIpc) is 2.91. The summed E-state index contributed by atoms with van der Waals surface area (Å²) in [5, 5.41) is 5.66. The normalized spacial score (nSPS) is 18.6. The van der Waals surface area contributed by atoms with E-state index >= 15 is 0 Å². The zero-order chi connectivity index (χ0) is 30.6. The number of nitrogens with one attached hydrogen (secondary N) is 2. The number of rotatable bonds is 22. The van der Waals surface area contributed by atoms with Gasteiger partial charge in [-0.3, -0.25) is 14.4 Å². The molecule has 238 valence electrons. The molecule has 41 heavy (non-hydrogen) atoms. The predicted molar refractivity (Wildman–Crippen MR) is 164 cm³/mol. The first-order chi connectivity index (χ1) is 19.5. The van der Waals surface area contributed by atoms with E-state index in [9.17, 15) is 14.4 Å². The largest absolute Gasteiger partial charge is 0.463 e. The van der Waals surface area contributed by atoms with Crippen LogP contribution < -0.4 is 10.6 Å². The molecule has 1 aliphatic heterocycles. The molecule has 2 atom stereocenters. The highest BCUT2D eigenvalue weighted by Gasteiger charge is 2.45. The number of hydrogen-bond acceptors (Lipinski definition) is 6. The van der Waals surface area contributed by atoms with Crippen LogP contribution in [0.4, 0.5) is 0 Å². The Morgan fingerprint density at radius 2 is 1.46 bits per heavy atom. The molecule has 1 heterocycles. The fourth-order valence-corrected chi connectivity index (χ4v) is 4.74. The Bertz CT molecular complexity index is 780. The third-order valence-electron chi connectivity index (χ3n) is 7.34. The zero-order valence-electron chi connectivity index (χ0n) is 27.0. The summed E-state index contributed by atoms with van der Waals surface area (Å²) in [6, 6.07) is -0.261. The standard InChI is InChI=1S/C33H60N2O6/c1-7-8-9-10-11-12-13-14-15-16-17-18-19-20-21-22-28(36)35-27(2)25-39-29(37)23-24-34-31(38)30-32(3,4)26-40-33(5,6)41-30/h14-15,27,30H,7-13,16-26H2,1-6H3,(H,34,38)(H,35,36)/t27-,30?/m0/s1. The lowest BCUT2D eigenvalue weighted by Crippen LogP contribution is -2.56. The van der Waals surface area contributed by atoms with Gasteiger partial charge < -0.3 is 24.8 Å². The number of esters is 1. The van der Waals surface area contributed by atoms with Crippen LogP contribution in [-0.2, 0) is 28.6 Å². The molecule has 0 saturated carbocycles. The molecule has 2 amide bonds. The van der Waals surface area contributed by atoms with E-state index in [1.54, 1.807) is 13.8 Å². The first-order valence-electron chi connectivity index (χ1n) is 16.2. The van der Waals surface area contributed by atoms with E-state index < -0.39 is 23.3 Å². The molecule has 0 aromatic carbocycles. The van der Waals surface area contributed by atoms with E-state index in [0.29, 0.717) is 13.0 Å². The number of amides is 2. The molecule has 0 aliphatic carbocycles. The lowest BCUT2D eigenvalue weighted by atomic mass is 9.85. The van der Waals surface area contributed by atoms with Gasteiger partial charge in [-0.2, -0.15) is 0 Å². The van der Waals surface area contributed by atoms with Crippen LogP contribution in [0, 0.1) is 5.41 Å². The summed E-state index contributed by atoms with van der Waals surface area (Å²) in [5.74, 6) is -1.53. The maximum atomic E-state index is 12.6. The minimum Gasteiger partial charge on any atom is -0.463 e. The smallest absolute Gasteiger partial charge is 0.307 e. The minimum atomic E-state index is -0.832. The number of carbonyl (C=O) groups is 3. The van der Waals surface area contributed by atoms with E-state index in [0.717, 1.165) is 25.7 Å². The average molecular weight is 581 g/mol. The Morgan fingerprint density at radius 3 is 2.10 bits per heavy atom. The highest BCUT2D eigenvalue weighted by Crippen LogP contribution is 2.34. The van der Waals surface area contributed by atoms with Gasteiger partial charge in [-0.25, -0.2) is 0 Å². The second-order valence-electron chi connectivity index (χ2n) is 12.7. The molecule has 2 N–H and O–H groups in total. The Hall–Kier alpha value is -1.93. The molecule has 8 nitrogen and oxygen atoms in total. The minimum absolute atomic E-state index is 0.0135. The number of allylic oxidation sites excluding steroid dienone is 2. The highest BCUT2D eigenvalue weighted by molar-refractivity contribution is 5.82. The zero-order valence-corrected chi connectivity index (χ0v) is 27.0. The third kappa shape index (κ3) is 18.3. The first kappa shape index (κ1) is 37.1. The maximum Gasteiger partial charge on any atom is 0.307 e. The van der Waals surface area contributed by atoms with Crippen LogP contribution in [0.15, 0.2) is 12.2 Å². The van der Waals surface area contributed by atoms with Crippen molar-refractivity contribution in [2.75, 3.05) is 19.8 Å². The third-order valence-corrected chi connectivity index (χ3v) is 7.34. The summed E-state index contributed by atoms with van der Waals surface area (Å²) in [6.45, 7) is 12.1. The fourth-order valence-electron chi connectivity index (χ4n) is 4.74. The van der Waals surface area contributed by atoms with Crippen molar-refractivity contribution in [3.05, 3.63) is 12.2 Å². The molecule has 0 radical (unpaired) electrons. The maximum absolute atomic E-state index is 12.6. The van der Waals surface area contributed by atoms with Crippen molar-refractivity contribution in [3.63, 3.8) is 0 Å². The number of ether oxygens (including phenoxy) is 3. The predicted octanol–water partition coefficient (Wildman–Crippen LogP) is 6.76. The van der Waals surface area contributed by atoms with E-state index in [4.69, 9.17) is 14.2 Å². The Kier molecular flexibility index (Phi) is 18.9. The van der Waals surface area contributed by atoms with Crippen LogP contribution in [0.1, 0.15) is 138 Å². The van der Waals surface area contributed by atoms with E-state index in [1.807, 2.05) is 20.8 Å². The molecule has 0 spiro atoms. The van der Waals surface area contributed by atoms with Crippen LogP contribution in [0.3, 0.4) is 0 Å². The second kappa shape index (κ2) is 20.9. The van der Waals surface area contributed by atoms with E-state index in [2.05, 4.69) is 29.7 Å². The Labute approximate surface area is 250 Å². The van der Waals surface area contributed by atoms with Gasteiger partial charge in [-0.15, -0.1) is 0 Å². The van der Waals surface area contributed by atoms with Gasteiger partial charge in [0, 0.05) is 18.4 Å². The Morgan fingerprint density at radius 1 is 0.878 bits per heavy atom. The van der Waals surface area contributed by atoms with Gasteiger partial charge in [0.1, 0.15) is 12.7 Å². The summed E-state index contributed by atoms with van der Waals surface area (Å²) in [7, 11) is 0. The van der Waals surface area contributed by atoms with Crippen LogP contribution in [0.2, 0.25) is 0 Å². The topological polar surface area (TPSA) is 103 Å². The van der Waals surface area contributed by atoms with Crippen LogP contribution in [0.5, 0.6) is 0 Å². The van der Waals surface area contributed by atoms with E-state index in [1.165, 1.54) is 57.8 Å². The first-order valence-corrected chi connectivity index (χ1v) is 16.2. The monoisotopic (exact) mass is 580 g/mol. The number of carbonyl (C=O) groups excluding carboxylic acids is 3. The molecule has 8 heteroatoms. The van der Waals surface area contributed by atoms with Gasteiger partial charge in [0.15, 0.2) is 5.79 Å². The molecule has 1 saturated heterocycles. The SMILES string of the molecule is CCCCCCCCC=CCCCCCCCC(=O)N[C@@H](C)COC(=O)CCNC(=O)C1OC(C)(C)OCC1(C)C. The van der Waals surface area contributed by atoms with Gasteiger partial charge in [-0.1, -0.05) is 84.3 Å². The van der Waals surface area contributed by atoms with Gasteiger partial charge in [0.05, 0.1) is 19.1 Å². The van der Waals surface area contributed by atoms with E-state index in [-0.39, 0.29) is 37.4 Å². The van der Waals surface area contributed by atoms with Crippen molar-refractivity contribution >= 4 is 17.8 Å². The lowest BCUT2D eigenvalue weighted by molar-refractivity contribution is -0.304. The quantitative estimate of drug-likeness (QED) is 0.0834. The summed E-state index contributed by atoms with van der Waals surface area (Å²) >= 11 is 0. The molecule has 1 unspecified atom stereocenters. The van der Waals surface area contributed by atoms with Crippen molar-refractivity contribution in [3.8, 4) is 0 Å². The van der Waals surface area contributed by atoms with Crippen LogP contribution >= 0.6 is 0 Å². The summed E-state index contributed by atoms with van der Waals surface area (Å²) in [6.07, 6.45) is 20.5. The van der Waals surface area contributed by atoms with Crippen LogP contribution in [0.25, 0.3) is 0 Å². The summed E-state index contributed by atoms with van der Waals surface area (Å²) in [5.41, 5.74) is -0.474. The molecular formula is C33H60N2O6. The van der Waals surface area contributed by atoms with Crippen LogP contribution in [-0.4, -0.2) is 55.5 Å².